The SMILES string of the molecule is Cc1ccc2c(n1)C(C)(C)c1cc(C)c(-c3cc(C)c(-c4ccccc4)c[n+]3C)cc1-2.Cc1ccc2c(n1)C(C)(C)c1cc(C)c(-c3cc(C)c(-c4ccccc4)c[n+]3C)cc1-2.Cc1ccc2c(n1)C(C)(C)c1cc(C)c(-c3ccc(-c4ccc(F)cc4)c[n+]3C)cc1-2. The number of hydrogen-bond acceptors (Lipinski definition) is 3. The van der Waals surface area contributed by atoms with Crippen LogP contribution in [0.3, 0.4) is 0 Å². The van der Waals surface area contributed by atoms with Crippen molar-refractivity contribution in [2.24, 2.45) is 21.1 Å². The number of fused-ring (bicyclic) bond motifs is 9. The van der Waals surface area contributed by atoms with Crippen LogP contribution in [0.25, 0.3) is 101 Å². The molecule has 0 saturated carbocycles. The molecule has 6 aromatic heterocycles. The summed E-state index contributed by atoms with van der Waals surface area (Å²) in [5.41, 5.74) is 39.3. The van der Waals surface area contributed by atoms with Gasteiger partial charge in [-0.3, -0.25) is 15.0 Å². The first kappa shape index (κ1) is 62.0. The number of halogens is 1. The molecule has 0 aliphatic heterocycles. The fourth-order valence-electron chi connectivity index (χ4n) is 14.9. The second-order valence-electron chi connectivity index (χ2n) is 27.9. The van der Waals surface area contributed by atoms with Gasteiger partial charge in [0.05, 0.1) is 17.1 Å². The Morgan fingerprint density at radius 1 is 0.280 bits per heavy atom. The van der Waals surface area contributed by atoms with Gasteiger partial charge < -0.3 is 0 Å². The lowest BCUT2D eigenvalue weighted by Gasteiger charge is -2.21. The van der Waals surface area contributed by atoms with Gasteiger partial charge in [0, 0.05) is 102 Å². The molecule has 0 amide bonds. The zero-order chi connectivity index (χ0) is 65.7. The van der Waals surface area contributed by atoms with Gasteiger partial charge in [0.1, 0.15) is 27.0 Å². The van der Waals surface area contributed by atoms with Crippen LogP contribution in [0.4, 0.5) is 4.39 Å². The fraction of sp³-hybridized carbons (Fsp3) is 0.233. The van der Waals surface area contributed by atoms with E-state index in [2.05, 4.69) is 308 Å². The molecule has 6 aromatic carbocycles. The second kappa shape index (κ2) is 23.4. The molecule has 6 nitrogen and oxygen atoms in total. The number of hydrogen-bond donors (Lipinski definition) is 0. The van der Waals surface area contributed by atoms with Crippen LogP contribution < -0.4 is 13.7 Å². The van der Waals surface area contributed by atoms with Crippen LogP contribution in [0.1, 0.15) is 120 Å². The minimum absolute atomic E-state index is 0.0742. The molecule has 0 N–H and O–H groups in total. The zero-order valence-electron chi connectivity index (χ0n) is 57.1. The molecule has 0 spiro atoms. The monoisotopic (exact) mass is 1220 g/mol. The number of aryl methyl sites for hydroxylation is 11. The Labute approximate surface area is 549 Å². The van der Waals surface area contributed by atoms with Gasteiger partial charge in [-0.05, 0) is 188 Å². The Morgan fingerprint density at radius 2 is 0.602 bits per heavy atom. The third-order valence-electron chi connectivity index (χ3n) is 20.1. The highest BCUT2D eigenvalue weighted by Gasteiger charge is 2.41. The smallest absolute Gasteiger partial charge is 0.212 e. The minimum atomic E-state index is -0.216. The standard InChI is InChI=1S/2C29H29N2.C28H26FN2/c2*1-18-14-26-24(22-13-12-20(3)30-28(22)29(26,4)5)16-23(18)27-15-19(2)25(17-31(27)6)21-10-8-7-9-11-21;1-17-14-25-24(22-12-6-18(2)30-27(22)28(25,3)4)15-23(17)26-13-9-20(16-31(26)5)19-7-10-21(29)11-8-19/h2*7-17H,1-6H3;6-16H,1-5H3/q3*+1. The van der Waals surface area contributed by atoms with Crippen molar-refractivity contribution in [2.45, 2.75) is 113 Å². The Hall–Kier alpha value is -9.85. The van der Waals surface area contributed by atoms with Crippen molar-refractivity contribution in [1.29, 1.82) is 0 Å². The zero-order valence-corrected chi connectivity index (χ0v) is 57.1. The molecule has 15 rings (SSSR count). The highest BCUT2D eigenvalue weighted by atomic mass is 19.1. The van der Waals surface area contributed by atoms with E-state index in [1.165, 1.54) is 152 Å². The third kappa shape index (κ3) is 10.9. The van der Waals surface area contributed by atoms with Crippen LogP contribution in [0.2, 0.25) is 0 Å². The lowest BCUT2D eigenvalue weighted by atomic mass is 9.83. The number of nitrogens with zero attached hydrogens (tertiary/aromatic N) is 6. The van der Waals surface area contributed by atoms with Crippen molar-refractivity contribution in [1.82, 2.24) is 15.0 Å². The summed E-state index contributed by atoms with van der Waals surface area (Å²) >= 11 is 0. The van der Waals surface area contributed by atoms with E-state index >= 15 is 0 Å². The average Bonchev–Trinajstić information content (AvgIpc) is 1.58. The summed E-state index contributed by atoms with van der Waals surface area (Å²) in [4.78, 5) is 14.7. The van der Waals surface area contributed by atoms with Crippen LogP contribution in [0, 0.1) is 61.2 Å². The molecule has 0 unspecified atom stereocenters. The van der Waals surface area contributed by atoms with E-state index in [1.54, 1.807) is 0 Å². The summed E-state index contributed by atoms with van der Waals surface area (Å²) in [5.74, 6) is -0.216. The second-order valence-corrected chi connectivity index (χ2v) is 27.9. The van der Waals surface area contributed by atoms with E-state index in [9.17, 15) is 4.39 Å². The summed E-state index contributed by atoms with van der Waals surface area (Å²) in [5, 5.41) is 0. The lowest BCUT2D eigenvalue weighted by molar-refractivity contribution is -0.660. The van der Waals surface area contributed by atoms with Gasteiger partial charge in [-0.15, -0.1) is 0 Å². The van der Waals surface area contributed by atoms with E-state index < -0.39 is 0 Å². The molecule has 462 valence electrons. The maximum absolute atomic E-state index is 13.3. The van der Waals surface area contributed by atoms with Crippen LogP contribution in [-0.2, 0) is 37.4 Å². The lowest BCUT2D eigenvalue weighted by Crippen LogP contribution is -2.31. The van der Waals surface area contributed by atoms with E-state index in [1.807, 2.05) is 12.1 Å². The molecule has 0 fully saturated rings. The summed E-state index contributed by atoms with van der Waals surface area (Å²) in [6, 6.07) is 64.0. The highest BCUT2D eigenvalue weighted by Crippen LogP contribution is 2.52. The summed E-state index contributed by atoms with van der Waals surface area (Å²) in [6.07, 6.45) is 6.63. The highest BCUT2D eigenvalue weighted by molar-refractivity contribution is 5.87. The normalized spacial score (nSPS) is 13.7. The number of aromatic nitrogens is 6. The average molecular weight is 1220 g/mol. The summed E-state index contributed by atoms with van der Waals surface area (Å²) in [7, 11) is 6.37. The minimum Gasteiger partial charge on any atom is -0.257 e. The van der Waals surface area contributed by atoms with Crippen LogP contribution in [0.15, 0.2) is 201 Å². The van der Waals surface area contributed by atoms with Crippen molar-refractivity contribution in [3.63, 3.8) is 0 Å². The van der Waals surface area contributed by atoms with Crippen molar-refractivity contribution in [2.75, 3.05) is 0 Å². The van der Waals surface area contributed by atoms with Crippen LogP contribution in [0.5, 0.6) is 0 Å². The van der Waals surface area contributed by atoms with Gasteiger partial charge in [-0.25, -0.2) is 18.1 Å². The van der Waals surface area contributed by atoms with Crippen molar-refractivity contribution in [3.05, 3.63) is 285 Å². The van der Waals surface area contributed by atoms with Gasteiger partial charge in [0.25, 0.3) is 0 Å². The molecule has 3 aliphatic carbocycles. The van der Waals surface area contributed by atoms with E-state index in [-0.39, 0.29) is 22.1 Å². The molecule has 93 heavy (non-hydrogen) atoms. The van der Waals surface area contributed by atoms with Gasteiger partial charge in [0.2, 0.25) is 17.1 Å². The number of rotatable bonds is 6. The van der Waals surface area contributed by atoms with Gasteiger partial charge in [0.15, 0.2) is 18.6 Å². The molecule has 3 aliphatic rings. The predicted octanol–water partition coefficient (Wildman–Crippen LogP) is 19.2. The Morgan fingerprint density at radius 3 is 0.957 bits per heavy atom. The molecule has 7 heteroatoms. The summed E-state index contributed by atoms with van der Waals surface area (Å²) in [6.45, 7) is 31.0. The van der Waals surface area contributed by atoms with Gasteiger partial charge in [-0.2, -0.15) is 0 Å². The molecular weight excluding hydrogens is 1140 g/mol. The number of pyridine rings is 6. The van der Waals surface area contributed by atoms with E-state index in [4.69, 9.17) is 15.0 Å². The molecule has 12 aromatic rings. The largest absolute Gasteiger partial charge is 0.257 e. The van der Waals surface area contributed by atoms with Crippen molar-refractivity contribution >= 4 is 0 Å². The topological polar surface area (TPSA) is 50.3 Å². The first-order valence-electron chi connectivity index (χ1n) is 32.6. The molecule has 0 bridgehead atoms. The molecule has 0 radical (unpaired) electrons. The predicted molar refractivity (Wildman–Crippen MR) is 379 cm³/mol. The van der Waals surface area contributed by atoms with Crippen molar-refractivity contribution in [3.8, 4) is 101 Å². The van der Waals surface area contributed by atoms with Crippen LogP contribution in [-0.4, -0.2) is 15.0 Å². The molecular formula is C86H84FN6+3. The van der Waals surface area contributed by atoms with E-state index in [0.29, 0.717) is 0 Å². The van der Waals surface area contributed by atoms with Gasteiger partial charge in [-0.1, -0.05) is 151 Å². The molecule has 0 atom stereocenters. The Bertz CT molecular complexity index is 4790. The fourth-order valence-corrected chi connectivity index (χ4v) is 14.9. The molecule has 6 heterocycles. The Balaban J connectivity index is 0.000000127. The maximum atomic E-state index is 13.3. The third-order valence-corrected chi connectivity index (χ3v) is 20.1. The molecule has 0 saturated heterocycles. The first-order valence-corrected chi connectivity index (χ1v) is 32.6. The number of benzene rings is 6. The Kier molecular flexibility index (Phi) is 15.6. The quantitative estimate of drug-likeness (QED) is 0.156. The van der Waals surface area contributed by atoms with E-state index in [0.717, 1.165) is 39.6 Å². The summed E-state index contributed by atoms with van der Waals surface area (Å²) < 4.78 is 20.0. The van der Waals surface area contributed by atoms with Crippen molar-refractivity contribution < 1.29 is 18.1 Å². The van der Waals surface area contributed by atoms with Gasteiger partial charge >= 0.3 is 0 Å². The first-order chi connectivity index (χ1) is 44.3. The van der Waals surface area contributed by atoms with Crippen LogP contribution >= 0.6 is 0 Å². The maximum Gasteiger partial charge on any atom is 0.212 e.